The zero-order valence-electron chi connectivity index (χ0n) is 8.83. The maximum atomic E-state index is 11.0. The van der Waals surface area contributed by atoms with Crippen molar-refractivity contribution in [1.29, 1.82) is 0 Å². The van der Waals surface area contributed by atoms with Gasteiger partial charge in [0.2, 0.25) is 5.88 Å². The number of hydrogen-bond donors (Lipinski definition) is 1. The molecule has 1 aromatic carbocycles. The van der Waals surface area contributed by atoms with Crippen LogP contribution in [-0.2, 0) is 0 Å². The second kappa shape index (κ2) is 4.06. The van der Waals surface area contributed by atoms with Gasteiger partial charge in [0.15, 0.2) is 6.29 Å². The van der Waals surface area contributed by atoms with Gasteiger partial charge in [-0.15, -0.1) is 0 Å². The molecule has 0 radical (unpaired) electrons. The number of aldehydes is 1. The zero-order chi connectivity index (χ0) is 11.7. The molecule has 0 spiro atoms. The van der Waals surface area contributed by atoms with Crippen LogP contribution in [0.2, 0.25) is 5.02 Å². The molecule has 0 atom stereocenters. The van der Waals surface area contributed by atoms with E-state index in [1.165, 1.54) is 7.11 Å². The minimum absolute atomic E-state index is 0.386. The van der Waals surface area contributed by atoms with Crippen LogP contribution < -0.4 is 9.47 Å². The molecule has 4 nitrogen and oxygen atoms in total. The van der Waals surface area contributed by atoms with Crippen LogP contribution in [0.4, 0.5) is 0 Å². The van der Waals surface area contributed by atoms with Crippen molar-refractivity contribution in [2.45, 2.75) is 0 Å². The molecule has 0 fully saturated rings. The van der Waals surface area contributed by atoms with Crippen LogP contribution in [0.1, 0.15) is 10.4 Å². The Morgan fingerprint density at radius 3 is 2.62 bits per heavy atom. The molecule has 16 heavy (non-hydrogen) atoms. The molecule has 0 aliphatic rings. The van der Waals surface area contributed by atoms with Crippen LogP contribution in [0.15, 0.2) is 12.1 Å². The summed E-state index contributed by atoms with van der Waals surface area (Å²) in [6.45, 7) is 0. The highest BCUT2D eigenvalue weighted by atomic mass is 35.5. The minimum atomic E-state index is 0.386. The van der Waals surface area contributed by atoms with E-state index >= 15 is 0 Å². The third-order valence-corrected chi connectivity index (χ3v) is 2.73. The van der Waals surface area contributed by atoms with Gasteiger partial charge < -0.3 is 14.5 Å². The third kappa shape index (κ3) is 1.42. The lowest BCUT2D eigenvalue weighted by molar-refractivity contribution is 0.112. The van der Waals surface area contributed by atoms with E-state index in [0.29, 0.717) is 39.4 Å². The Balaban J connectivity index is 2.89. The van der Waals surface area contributed by atoms with Crippen LogP contribution in [-0.4, -0.2) is 25.5 Å². The summed E-state index contributed by atoms with van der Waals surface area (Å²) in [5.41, 5.74) is 1.07. The molecule has 1 aromatic heterocycles. The maximum Gasteiger partial charge on any atom is 0.202 e. The van der Waals surface area contributed by atoms with Crippen molar-refractivity contribution in [3.63, 3.8) is 0 Å². The van der Waals surface area contributed by atoms with E-state index in [1.807, 2.05) is 0 Å². The number of carbonyl (C=O) groups is 1. The lowest BCUT2D eigenvalue weighted by atomic mass is 10.2. The SMILES string of the molecule is COc1[nH]c2c(OC)ccc(Cl)c2c1C=O. The van der Waals surface area contributed by atoms with Crippen LogP contribution in [0.25, 0.3) is 10.9 Å². The van der Waals surface area contributed by atoms with E-state index in [4.69, 9.17) is 21.1 Å². The quantitative estimate of drug-likeness (QED) is 0.838. The average Bonchev–Trinajstić information content (AvgIpc) is 2.69. The number of carbonyl (C=O) groups excluding carboxylic acids is 1. The fourth-order valence-corrected chi connectivity index (χ4v) is 1.94. The minimum Gasteiger partial charge on any atom is -0.495 e. The van der Waals surface area contributed by atoms with Gasteiger partial charge in [0.05, 0.1) is 30.3 Å². The summed E-state index contributed by atoms with van der Waals surface area (Å²) in [5, 5.41) is 1.10. The van der Waals surface area contributed by atoms with Gasteiger partial charge in [0.1, 0.15) is 5.75 Å². The smallest absolute Gasteiger partial charge is 0.202 e. The molecule has 2 rings (SSSR count). The Morgan fingerprint density at radius 2 is 2.06 bits per heavy atom. The molecule has 0 aliphatic carbocycles. The van der Waals surface area contributed by atoms with Crippen molar-refractivity contribution in [3.8, 4) is 11.6 Å². The van der Waals surface area contributed by atoms with Gasteiger partial charge in [-0.2, -0.15) is 0 Å². The Hall–Kier alpha value is -1.68. The number of nitrogens with one attached hydrogen (secondary N) is 1. The number of hydrogen-bond acceptors (Lipinski definition) is 3. The summed E-state index contributed by atoms with van der Waals surface area (Å²) in [6.07, 6.45) is 0.711. The molecule has 1 heterocycles. The number of methoxy groups -OCH3 is 2. The number of benzene rings is 1. The summed E-state index contributed by atoms with van der Waals surface area (Å²) >= 11 is 6.05. The second-order valence-corrected chi connectivity index (χ2v) is 3.60. The summed E-state index contributed by atoms with van der Waals surface area (Å²) in [4.78, 5) is 14.0. The Kier molecular flexibility index (Phi) is 2.75. The summed E-state index contributed by atoms with van der Waals surface area (Å²) < 4.78 is 10.3. The van der Waals surface area contributed by atoms with Gasteiger partial charge in [-0.3, -0.25) is 4.79 Å². The Labute approximate surface area is 97.1 Å². The summed E-state index contributed by atoms with van der Waals surface area (Å²) in [6, 6.07) is 3.41. The first kappa shape index (κ1) is 10.8. The van der Waals surface area contributed by atoms with Gasteiger partial charge in [-0.05, 0) is 12.1 Å². The largest absolute Gasteiger partial charge is 0.495 e. The molecule has 1 N–H and O–H groups in total. The van der Waals surface area contributed by atoms with E-state index in [2.05, 4.69) is 4.98 Å². The first-order valence-corrected chi connectivity index (χ1v) is 4.98. The number of ether oxygens (including phenoxy) is 2. The molecule has 0 saturated carbocycles. The van der Waals surface area contributed by atoms with Crippen LogP contribution in [0, 0.1) is 0 Å². The lowest BCUT2D eigenvalue weighted by Gasteiger charge is -2.02. The molecule has 0 saturated heterocycles. The monoisotopic (exact) mass is 239 g/mol. The first-order chi connectivity index (χ1) is 7.72. The zero-order valence-corrected chi connectivity index (χ0v) is 9.59. The number of aromatic amines is 1. The van der Waals surface area contributed by atoms with Crippen LogP contribution >= 0.6 is 11.6 Å². The fourth-order valence-electron chi connectivity index (χ4n) is 1.68. The van der Waals surface area contributed by atoms with Crippen molar-refractivity contribution >= 4 is 28.8 Å². The number of halogens is 1. The summed E-state index contributed by atoms with van der Waals surface area (Å²) in [7, 11) is 3.04. The van der Waals surface area contributed by atoms with Gasteiger partial charge in [-0.25, -0.2) is 0 Å². The standard InChI is InChI=1S/C11H10ClNO3/c1-15-8-4-3-7(12)9-6(5-14)11(16-2)13-10(8)9/h3-5,13H,1-2H3. The lowest BCUT2D eigenvalue weighted by Crippen LogP contribution is -1.86. The normalized spacial score (nSPS) is 10.4. The molecule has 0 unspecified atom stereocenters. The van der Waals surface area contributed by atoms with E-state index in [9.17, 15) is 4.79 Å². The number of rotatable bonds is 3. The fraction of sp³-hybridized carbons (Fsp3) is 0.182. The average molecular weight is 240 g/mol. The van der Waals surface area contributed by atoms with Gasteiger partial charge in [0.25, 0.3) is 0 Å². The Morgan fingerprint density at radius 1 is 1.31 bits per heavy atom. The van der Waals surface area contributed by atoms with Crippen molar-refractivity contribution in [1.82, 2.24) is 4.98 Å². The highest BCUT2D eigenvalue weighted by molar-refractivity contribution is 6.37. The van der Waals surface area contributed by atoms with Crippen LogP contribution in [0.3, 0.4) is 0 Å². The molecule has 0 amide bonds. The van der Waals surface area contributed by atoms with Gasteiger partial charge in [-0.1, -0.05) is 11.6 Å². The molecule has 0 aliphatic heterocycles. The van der Waals surface area contributed by atoms with Gasteiger partial charge in [0, 0.05) is 5.39 Å². The first-order valence-electron chi connectivity index (χ1n) is 4.60. The number of aromatic nitrogens is 1. The van der Waals surface area contributed by atoms with E-state index in [1.54, 1.807) is 19.2 Å². The highest BCUT2D eigenvalue weighted by Gasteiger charge is 2.17. The topological polar surface area (TPSA) is 51.3 Å². The molecular weight excluding hydrogens is 230 g/mol. The number of fused-ring (bicyclic) bond motifs is 1. The molecule has 84 valence electrons. The maximum absolute atomic E-state index is 11.0. The second-order valence-electron chi connectivity index (χ2n) is 3.19. The van der Waals surface area contributed by atoms with Crippen molar-refractivity contribution in [2.75, 3.05) is 14.2 Å². The highest BCUT2D eigenvalue weighted by Crippen LogP contribution is 2.37. The van der Waals surface area contributed by atoms with Crippen molar-refractivity contribution in [2.24, 2.45) is 0 Å². The Bertz CT molecular complexity index is 548. The van der Waals surface area contributed by atoms with Crippen LogP contribution in [0.5, 0.6) is 11.6 Å². The predicted octanol–water partition coefficient (Wildman–Crippen LogP) is 2.65. The predicted molar refractivity (Wildman–Crippen MR) is 61.8 cm³/mol. The molecule has 2 aromatic rings. The molecular formula is C11H10ClNO3. The summed E-state index contributed by atoms with van der Waals surface area (Å²) in [5.74, 6) is 1.00. The van der Waals surface area contributed by atoms with Gasteiger partial charge >= 0.3 is 0 Å². The molecule has 0 bridgehead atoms. The third-order valence-electron chi connectivity index (χ3n) is 2.41. The van der Waals surface area contributed by atoms with Crippen molar-refractivity contribution in [3.05, 3.63) is 22.7 Å². The molecule has 5 heteroatoms. The van der Waals surface area contributed by atoms with E-state index in [-0.39, 0.29) is 0 Å². The van der Waals surface area contributed by atoms with Crippen molar-refractivity contribution < 1.29 is 14.3 Å². The van der Waals surface area contributed by atoms with E-state index < -0.39 is 0 Å². The van der Waals surface area contributed by atoms with E-state index in [0.717, 1.165) is 0 Å². The number of H-pyrrole nitrogens is 1.